The Morgan fingerprint density at radius 1 is 1.21 bits per heavy atom. The number of carbonyl (C=O) groups excluding carboxylic acids is 1. The third-order valence-corrected chi connectivity index (χ3v) is 3.73. The number of hydrogen-bond donors (Lipinski definition) is 2. The van der Waals surface area contributed by atoms with Crippen LogP contribution in [0.15, 0.2) is 12.2 Å². The van der Waals surface area contributed by atoms with Crippen LogP contribution >= 0.6 is 0 Å². The van der Waals surface area contributed by atoms with E-state index in [1.165, 1.54) is 0 Å². The average molecular weight is 267 g/mol. The van der Waals surface area contributed by atoms with E-state index in [0.717, 1.165) is 32.1 Å². The van der Waals surface area contributed by atoms with Crippen LogP contribution in [-0.2, 0) is 9.59 Å². The normalized spacial score (nSPS) is 18.3. The molecular formula is C15H23O4. The molecule has 0 spiro atoms. The Morgan fingerprint density at radius 2 is 1.79 bits per heavy atom. The van der Waals surface area contributed by atoms with E-state index in [-0.39, 0.29) is 24.5 Å². The van der Waals surface area contributed by atoms with Crippen molar-refractivity contribution in [1.29, 1.82) is 0 Å². The molecule has 1 fully saturated rings. The highest BCUT2D eigenvalue weighted by Gasteiger charge is 2.32. The lowest BCUT2D eigenvalue weighted by Crippen LogP contribution is -2.28. The van der Waals surface area contributed by atoms with Crippen molar-refractivity contribution in [2.45, 2.75) is 58.0 Å². The molecule has 0 heterocycles. The van der Waals surface area contributed by atoms with Crippen LogP contribution < -0.4 is 0 Å². The summed E-state index contributed by atoms with van der Waals surface area (Å²) in [6.07, 6.45) is 4.12. The minimum atomic E-state index is -0.936. The van der Waals surface area contributed by atoms with E-state index in [4.69, 9.17) is 0 Å². The lowest BCUT2D eigenvalue weighted by molar-refractivity contribution is -0.137. The zero-order chi connectivity index (χ0) is 14.4. The molecule has 1 atom stereocenters. The van der Waals surface area contributed by atoms with Gasteiger partial charge >= 0.3 is 5.97 Å². The number of carboxylic acid groups (broad SMARTS) is 1. The molecule has 107 valence electrons. The van der Waals surface area contributed by atoms with Crippen LogP contribution in [0.1, 0.15) is 51.9 Å². The highest BCUT2D eigenvalue weighted by atomic mass is 16.4. The van der Waals surface area contributed by atoms with Crippen LogP contribution in [0, 0.1) is 11.8 Å². The quantitative estimate of drug-likeness (QED) is 0.695. The second-order valence-corrected chi connectivity index (χ2v) is 5.43. The summed E-state index contributed by atoms with van der Waals surface area (Å²) < 4.78 is 0. The van der Waals surface area contributed by atoms with E-state index in [1.54, 1.807) is 6.92 Å². The third-order valence-electron chi connectivity index (χ3n) is 3.73. The largest absolute Gasteiger partial charge is 0.481 e. The summed E-state index contributed by atoms with van der Waals surface area (Å²) >= 11 is 0. The highest BCUT2D eigenvalue weighted by Crippen LogP contribution is 2.34. The van der Waals surface area contributed by atoms with Gasteiger partial charge in [-0.2, -0.15) is 0 Å². The zero-order valence-electron chi connectivity index (χ0n) is 11.5. The topological polar surface area (TPSA) is 74.6 Å². The maximum Gasteiger partial charge on any atom is 0.311 e. The van der Waals surface area contributed by atoms with Gasteiger partial charge in [-0.15, -0.1) is 0 Å². The van der Waals surface area contributed by atoms with E-state index < -0.39 is 12.1 Å². The van der Waals surface area contributed by atoms with Gasteiger partial charge in [0.2, 0.25) is 0 Å². The SMILES string of the molecule is C=C(C)C(=O)CC(O)C[C](C(=O)O)C1CCCCC1. The molecule has 19 heavy (non-hydrogen) atoms. The number of aliphatic hydroxyl groups is 1. The molecule has 1 aliphatic rings. The third kappa shape index (κ3) is 5.15. The molecule has 1 unspecified atom stereocenters. The molecule has 0 aliphatic heterocycles. The second kappa shape index (κ2) is 7.43. The standard InChI is InChI=1S/C15H23O4/c1-10(2)14(17)9-12(16)8-13(15(18)19)11-6-4-3-5-7-11/h11-12,16H,1,3-9H2,2H3,(H,18,19). The first-order chi connectivity index (χ1) is 8.91. The fourth-order valence-electron chi connectivity index (χ4n) is 2.59. The Morgan fingerprint density at radius 3 is 2.26 bits per heavy atom. The number of Topliss-reactive ketones (excluding diaryl/α,β-unsaturated/α-hetero) is 1. The van der Waals surface area contributed by atoms with Gasteiger partial charge in [-0.05, 0) is 37.7 Å². The molecule has 0 aromatic heterocycles. The van der Waals surface area contributed by atoms with Crippen molar-refractivity contribution < 1.29 is 19.8 Å². The van der Waals surface area contributed by atoms with E-state index >= 15 is 0 Å². The number of hydrogen-bond acceptors (Lipinski definition) is 3. The van der Waals surface area contributed by atoms with Crippen LogP contribution in [0.3, 0.4) is 0 Å². The van der Waals surface area contributed by atoms with Gasteiger partial charge in [0.1, 0.15) is 0 Å². The first kappa shape index (κ1) is 15.9. The van der Waals surface area contributed by atoms with Gasteiger partial charge in [-0.25, -0.2) is 0 Å². The van der Waals surface area contributed by atoms with Gasteiger partial charge in [0.25, 0.3) is 0 Å². The van der Waals surface area contributed by atoms with Crippen LogP contribution in [0.2, 0.25) is 0 Å². The van der Waals surface area contributed by atoms with Crippen molar-refractivity contribution in [3.8, 4) is 0 Å². The van der Waals surface area contributed by atoms with Crippen LogP contribution in [0.25, 0.3) is 0 Å². The van der Waals surface area contributed by atoms with Crippen molar-refractivity contribution in [1.82, 2.24) is 0 Å². The zero-order valence-corrected chi connectivity index (χ0v) is 11.5. The molecule has 4 heteroatoms. The summed E-state index contributed by atoms with van der Waals surface area (Å²) in [7, 11) is 0. The fraction of sp³-hybridized carbons (Fsp3) is 0.667. The predicted molar refractivity (Wildman–Crippen MR) is 72.5 cm³/mol. The number of ketones is 1. The van der Waals surface area contributed by atoms with E-state index in [9.17, 15) is 19.8 Å². The molecule has 0 aromatic rings. The molecule has 1 aliphatic carbocycles. The molecule has 0 bridgehead atoms. The van der Waals surface area contributed by atoms with Gasteiger partial charge in [-0.1, -0.05) is 25.8 Å². The van der Waals surface area contributed by atoms with Gasteiger partial charge in [0.05, 0.1) is 12.0 Å². The van der Waals surface area contributed by atoms with Crippen molar-refractivity contribution >= 4 is 11.8 Å². The van der Waals surface area contributed by atoms with Crippen LogP contribution in [0.4, 0.5) is 0 Å². The lowest BCUT2D eigenvalue weighted by atomic mass is 9.77. The molecule has 4 nitrogen and oxygen atoms in total. The highest BCUT2D eigenvalue weighted by molar-refractivity contribution is 5.94. The first-order valence-electron chi connectivity index (χ1n) is 6.87. The lowest BCUT2D eigenvalue weighted by Gasteiger charge is -2.28. The average Bonchev–Trinajstić information content (AvgIpc) is 2.36. The van der Waals surface area contributed by atoms with Crippen LogP contribution in [-0.4, -0.2) is 28.1 Å². The summed E-state index contributed by atoms with van der Waals surface area (Å²) in [5, 5.41) is 19.1. The van der Waals surface area contributed by atoms with Gasteiger partial charge < -0.3 is 10.2 Å². The molecule has 1 radical (unpaired) electrons. The van der Waals surface area contributed by atoms with Crippen molar-refractivity contribution in [2.75, 3.05) is 0 Å². The number of aliphatic hydroxyl groups excluding tert-OH is 1. The van der Waals surface area contributed by atoms with E-state index in [2.05, 4.69) is 6.58 Å². The minimum absolute atomic E-state index is 0.0428. The van der Waals surface area contributed by atoms with Gasteiger partial charge in [-0.3, -0.25) is 9.59 Å². The Kier molecular flexibility index (Phi) is 6.22. The Hall–Kier alpha value is -1.16. The van der Waals surface area contributed by atoms with Crippen LogP contribution in [0.5, 0.6) is 0 Å². The Labute approximate surface area is 114 Å². The minimum Gasteiger partial charge on any atom is -0.481 e. The smallest absolute Gasteiger partial charge is 0.311 e. The summed E-state index contributed by atoms with van der Waals surface area (Å²) in [6.45, 7) is 5.12. The maximum atomic E-state index is 11.5. The van der Waals surface area contributed by atoms with Crippen molar-refractivity contribution in [2.24, 2.45) is 5.92 Å². The van der Waals surface area contributed by atoms with E-state index in [1.807, 2.05) is 0 Å². The summed E-state index contributed by atoms with van der Waals surface area (Å²) in [6, 6.07) is 0. The van der Waals surface area contributed by atoms with Crippen molar-refractivity contribution in [3.05, 3.63) is 18.1 Å². The summed E-state index contributed by atoms with van der Waals surface area (Å²) in [5.74, 6) is -0.711. The van der Waals surface area contributed by atoms with E-state index in [0.29, 0.717) is 11.5 Å². The number of rotatable bonds is 7. The Balaban J connectivity index is 2.55. The monoisotopic (exact) mass is 267 g/mol. The fourth-order valence-corrected chi connectivity index (χ4v) is 2.59. The first-order valence-corrected chi connectivity index (χ1v) is 6.87. The molecule has 1 saturated carbocycles. The van der Waals surface area contributed by atoms with Gasteiger partial charge in [0, 0.05) is 6.42 Å². The number of carboxylic acids is 1. The van der Waals surface area contributed by atoms with Gasteiger partial charge in [0.15, 0.2) is 5.78 Å². The maximum absolute atomic E-state index is 11.5. The summed E-state index contributed by atoms with van der Waals surface area (Å²) in [5.41, 5.74) is 0.397. The molecule has 1 rings (SSSR count). The van der Waals surface area contributed by atoms with Crippen molar-refractivity contribution in [3.63, 3.8) is 0 Å². The Bertz CT molecular complexity index is 342. The molecule has 0 amide bonds. The number of carbonyl (C=O) groups is 2. The molecular weight excluding hydrogens is 244 g/mol. The second-order valence-electron chi connectivity index (χ2n) is 5.43. The molecule has 2 N–H and O–H groups in total. The number of allylic oxidation sites excluding steroid dienone is 1. The predicted octanol–water partition coefficient (Wildman–Crippen LogP) is 2.51. The molecule has 0 aromatic carbocycles. The summed E-state index contributed by atoms with van der Waals surface area (Å²) in [4.78, 5) is 22.8. The molecule has 0 saturated heterocycles. The number of aliphatic carboxylic acids is 1.